The third-order valence-electron chi connectivity index (χ3n) is 14.9. The smallest absolute Gasteiger partial charge is 0.373 e. The van der Waals surface area contributed by atoms with Gasteiger partial charge < -0.3 is 14.2 Å². The Morgan fingerprint density at radius 2 is 1.37 bits per heavy atom. The molecule has 0 N–H and O–H groups in total. The number of non-ortho nitro benzene ring substituents is 1. The molecule has 5 rings (SSSR count). The topological polar surface area (TPSA) is 87.9 Å². The largest absolute Gasteiger partial charge is 0.457 e. The van der Waals surface area contributed by atoms with E-state index in [9.17, 15) is 14.9 Å². The Balaban J connectivity index is 1.61. The van der Waals surface area contributed by atoms with Crippen LogP contribution in [0.3, 0.4) is 0 Å². The van der Waals surface area contributed by atoms with E-state index in [1.807, 2.05) is 30.3 Å². The lowest BCUT2D eigenvalue weighted by molar-refractivity contribution is -0.384. The number of carbonyl (C=O) groups is 1. The van der Waals surface area contributed by atoms with Crippen molar-refractivity contribution in [1.29, 1.82) is 0 Å². The van der Waals surface area contributed by atoms with Crippen LogP contribution in [0.2, 0.25) is 41.4 Å². The van der Waals surface area contributed by atoms with E-state index in [2.05, 4.69) is 111 Å². The van der Waals surface area contributed by atoms with E-state index in [1.54, 1.807) is 12.1 Å². The van der Waals surface area contributed by atoms with Crippen molar-refractivity contribution in [3.05, 3.63) is 124 Å². The van der Waals surface area contributed by atoms with E-state index in [-0.39, 0.29) is 40.2 Å². The van der Waals surface area contributed by atoms with E-state index in [0.717, 1.165) is 30.4 Å². The zero-order chi connectivity index (χ0) is 41.4. The summed E-state index contributed by atoms with van der Waals surface area (Å²) in [4.78, 5) is 25.9. The Kier molecular flexibility index (Phi) is 15.2. The highest BCUT2D eigenvalue weighted by molar-refractivity contribution is 6.99. The maximum Gasteiger partial charge on any atom is 0.373 e. The highest BCUT2D eigenvalue weighted by Crippen LogP contribution is 2.56. The van der Waals surface area contributed by atoms with Crippen molar-refractivity contribution in [2.24, 2.45) is 17.8 Å². The zero-order valence-electron chi connectivity index (χ0n) is 36.2. The summed E-state index contributed by atoms with van der Waals surface area (Å²) in [5, 5.41) is 12.0. The first-order valence-electron chi connectivity index (χ1n) is 21.9. The predicted octanol–water partition coefficient (Wildman–Crippen LogP) is 13.0. The van der Waals surface area contributed by atoms with Gasteiger partial charge in [0.1, 0.15) is 6.10 Å². The molecular weight excluding hydrogens is 743 g/mol. The molecule has 3 aromatic carbocycles. The van der Waals surface area contributed by atoms with Gasteiger partial charge in [-0.25, -0.2) is 4.79 Å². The van der Waals surface area contributed by atoms with Gasteiger partial charge in [0.25, 0.3) is 5.69 Å². The van der Waals surface area contributed by atoms with Crippen LogP contribution in [0.4, 0.5) is 5.69 Å². The normalized spacial score (nSPS) is 23.1. The van der Waals surface area contributed by atoms with E-state index < -0.39 is 33.8 Å². The first kappa shape index (κ1) is 44.6. The Labute approximate surface area is 345 Å². The van der Waals surface area contributed by atoms with Crippen LogP contribution in [0.25, 0.3) is 0 Å². The summed E-state index contributed by atoms with van der Waals surface area (Å²) in [5.41, 5.74) is 2.95. The number of esters is 1. The quantitative estimate of drug-likeness (QED) is 0.0550. The minimum absolute atomic E-state index is 0.0195. The summed E-state index contributed by atoms with van der Waals surface area (Å²) in [7, 11) is -3.81. The molecule has 6 atom stereocenters. The molecule has 9 heteroatoms. The Morgan fingerprint density at radius 3 is 1.89 bits per heavy atom. The molecule has 1 fully saturated rings. The van der Waals surface area contributed by atoms with Crippen molar-refractivity contribution in [2.75, 3.05) is 0 Å². The molecule has 57 heavy (non-hydrogen) atoms. The lowest BCUT2D eigenvalue weighted by Gasteiger charge is -2.55. The number of nitrogens with zero attached hydrogens (tertiary/aromatic N) is 1. The lowest BCUT2D eigenvalue weighted by Crippen LogP contribution is -2.59. The molecule has 0 unspecified atom stereocenters. The first-order valence-corrected chi connectivity index (χ1v) is 27.3. The zero-order valence-corrected chi connectivity index (χ0v) is 38.2. The summed E-state index contributed by atoms with van der Waals surface area (Å²) < 4.78 is 20.7. The van der Waals surface area contributed by atoms with Gasteiger partial charge in [-0.15, -0.1) is 0 Å². The Morgan fingerprint density at radius 1 is 0.825 bits per heavy atom. The number of hydrogen-bond acceptors (Lipinski definition) is 6. The van der Waals surface area contributed by atoms with Gasteiger partial charge in [0.2, 0.25) is 12.0 Å². The molecule has 7 nitrogen and oxygen atoms in total. The minimum Gasteiger partial charge on any atom is -0.457 e. The number of allylic oxidation sites excluding steroid dienone is 1. The van der Waals surface area contributed by atoms with E-state index in [0.29, 0.717) is 17.7 Å². The summed E-state index contributed by atoms with van der Waals surface area (Å²) in [5.74, 6) is 0.190. The van der Waals surface area contributed by atoms with Crippen LogP contribution in [-0.2, 0) is 31.0 Å². The first-order chi connectivity index (χ1) is 27.3. The highest BCUT2D eigenvalue weighted by atomic mass is 28.4. The molecule has 0 spiro atoms. The van der Waals surface area contributed by atoms with E-state index in [1.165, 1.54) is 41.8 Å². The standard InChI is InChI=1S/C48H69NO6Si2/c1-10-56(11-2,12-3)47(57(13-4,14-5)15-6)44-40(37-24-20-17-21-25-37)33-43(55-46(44)53-34-36-22-18-16-19-23-36)45(50)54-42-32-35(7)26-31-41(42)48(8,9)38-27-29-39(30-28-38)49(51)52/h16-25,27-30,33,35,40-42,44,46-47H,10-15,26,31-32,34H2,1-9H3/t35-,40-,41-,42-,44-,46+/m1/s1. The summed E-state index contributed by atoms with van der Waals surface area (Å²) in [6.45, 7) is 21.6. The molecule has 1 saturated carbocycles. The van der Waals surface area contributed by atoms with Crippen LogP contribution in [0.15, 0.2) is 96.8 Å². The number of hydrogen-bond donors (Lipinski definition) is 0. The molecule has 2 aliphatic rings. The second-order valence-electron chi connectivity index (χ2n) is 17.6. The van der Waals surface area contributed by atoms with Crippen molar-refractivity contribution < 1.29 is 23.9 Å². The number of nitro groups is 1. The molecule has 0 saturated heterocycles. The maximum atomic E-state index is 14.8. The van der Waals surface area contributed by atoms with Crippen LogP contribution in [0.1, 0.15) is 104 Å². The molecule has 310 valence electrons. The fourth-order valence-electron chi connectivity index (χ4n) is 11.1. The Hall–Kier alpha value is -3.54. The van der Waals surface area contributed by atoms with Gasteiger partial charge in [-0.1, -0.05) is 178 Å². The molecule has 1 aliphatic carbocycles. The predicted molar refractivity (Wildman–Crippen MR) is 238 cm³/mol. The molecule has 0 aromatic heterocycles. The third-order valence-corrected chi connectivity index (χ3v) is 30.5. The van der Waals surface area contributed by atoms with E-state index in [4.69, 9.17) is 14.2 Å². The molecule has 0 bridgehead atoms. The fourth-order valence-corrected chi connectivity index (χ4v) is 27.9. The van der Waals surface area contributed by atoms with Crippen LogP contribution in [-0.4, -0.2) is 39.4 Å². The van der Waals surface area contributed by atoms with Gasteiger partial charge >= 0.3 is 5.97 Å². The molecule has 3 aromatic rings. The van der Waals surface area contributed by atoms with Crippen molar-refractivity contribution in [3.8, 4) is 0 Å². The van der Waals surface area contributed by atoms with Gasteiger partial charge in [-0.2, -0.15) is 0 Å². The van der Waals surface area contributed by atoms with Crippen molar-refractivity contribution in [1.82, 2.24) is 0 Å². The van der Waals surface area contributed by atoms with E-state index >= 15 is 0 Å². The van der Waals surface area contributed by atoms with Gasteiger partial charge in [0.05, 0.1) is 27.7 Å². The van der Waals surface area contributed by atoms with Gasteiger partial charge in [0, 0.05) is 29.9 Å². The molecular formula is C48H69NO6Si2. The molecule has 1 heterocycles. The average Bonchev–Trinajstić information content (AvgIpc) is 3.24. The highest BCUT2D eigenvalue weighted by Gasteiger charge is 2.57. The number of carbonyl (C=O) groups excluding carboxylic acids is 1. The van der Waals surface area contributed by atoms with Crippen molar-refractivity contribution >= 4 is 27.8 Å². The maximum absolute atomic E-state index is 14.8. The minimum atomic E-state index is -1.90. The number of rotatable bonds is 18. The summed E-state index contributed by atoms with van der Waals surface area (Å²) in [6.07, 6.45) is 3.80. The van der Waals surface area contributed by atoms with Crippen LogP contribution >= 0.6 is 0 Å². The van der Waals surface area contributed by atoms with Crippen LogP contribution < -0.4 is 0 Å². The second kappa shape index (κ2) is 19.5. The van der Waals surface area contributed by atoms with Crippen LogP contribution in [0.5, 0.6) is 0 Å². The van der Waals surface area contributed by atoms with Crippen LogP contribution in [0, 0.1) is 27.9 Å². The summed E-state index contributed by atoms with van der Waals surface area (Å²) in [6, 6.07) is 35.2. The number of benzene rings is 3. The monoisotopic (exact) mass is 811 g/mol. The van der Waals surface area contributed by atoms with Gasteiger partial charge in [0.15, 0.2) is 0 Å². The summed E-state index contributed by atoms with van der Waals surface area (Å²) >= 11 is 0. The molecule has 0 radical (unpaired) electrons. The molecule has 1 aliphatic heterocycles. The lowest BCUT2D eigenvalue weighted by atomic mass is 9.64. The average molecular weight is 812 g/mol. The second-order valence-corrected chi connectivity index (χ2v) is 29.2. The van der Waals surface area contributed by atoms with Gasteiger partial charge in [-0.05, 0) is 52.1 Å². The third kappa shape index (κ3) is 9.52. The Bertz CT molecular complexity index is 1740. The number of ether oxygens (including phenoxy) is 3. The van der Waals surface area contributed by atoms with Crippen molar-refractivity contribution in [2.45, 2.75) is 153 Å². The van der Waals surface area contributed by atoms with Crippen molar-refractivity contribution in [3.63, 3.8) is 0 Å². The molecule has 0 amide bonds. The van der Waals surface area contributed by atoms with Gasteiger partial charge in [-0.3, -0.25) is 10.1 Å². The fraction of sp³-hybridized carbons (Fsp3) is 0.562. The SMILES string of the molecule is CC[Si](CC)(CC)C([C@H]1[C@@H](OCc2ccccc2)OC(C(=O)O[C@@H]2C[C@H](C)CC[C@H]2C(C)(C)c2ccc([N+](=O)[O-])cc2)=C[C@@H]1c1ccccc1)[Si](CC)(CC)CC. The number of nitro benzene ring substituents is 1.